The SMILES string of the molecule is C[Si](C)(I)CBr. The molecule has 0 spiro atoms. The van der Waals surface area contributed by atoms with Gasteiger partial charge < -0.3 is 0 Å². The summed E-state index contributed by atoms with van der Waals surface area (Å²) in [5, 5.41) is 0. The highest BCUT2D eigenvalue weighted by Crippen LogP contribution is 2.13. The zero-order valence-electron chi connectivity index (χ0n) is 3.96. The average molecular weight is 279 g/mol. The summed E-state index contributed by atoms with van der Waals surface area (Å²) >= 11 is 5.96. The molecule has 0 aromatic rings. The van der Waals surface area contributed by atoms with Crippen molar-refractivity contribution in [3.8, 4) is 0 Å². The Bertz CT molecular complexity index is 40.5. The van der Waals surface area contributed by atoms with Crippen LogP contribution in [0.2, 0.25) is 13.1 Å². The normalized spacial score (nSPS) is 12.0. The number of alkyl halides is 1. The second kappa shape index (κ2) is 2.67. The van der Waals surface area contributed by atoms with Crippen LogP contribution in [-0.4, -0.2) is 10.5 Å². The van der Waals surface area contributed by atoms with Crippen molar-refractivity contribution < 1.29 is 0 Å². The molecule has 0 atom stereocenters. The van der Waals surface area contributed by atoms with E-state index in [0.29, 0.717) is 0 Å². The summed E-state index contributed by atoms with van der Waals surface area (Å²) in [6.45, 7) is 4.64. The predicted molar refractivity (Wildman–Crippen MR) is 45.3 cm³/mol. The van der Waals surface area contributed by atoms with Crippen molar-refractivity contribution in [2.75, 3.05) is 4.95 Å². The Morgan fingerprint density at radius 2 is 1.83 bits per heavy atom. The van der Waals surface area contributed by atoms with Gasteiger partial charge in [0.15, 0.2) is 0 Å². The van der Waals surface area contributed by atoms with Crippen LogP contribution in [0.5, 0.6) is 0 Å². The van der Waals surface area contributed by atoms with Gasteiger partial charge in [-0.15, -0.1) is 21.8 Å². The lowest BCUT2D eigenvalue weighted by molar-refractivity contribution is 1.88. The maximum atomic E-state index is 3.42. The van der Waals surface area contributed by atoms with Gasteiger partial charge >= 0.3 is 0 Å². The molecule has 0 bridgehead atoms. The van der Waals surface area contributed by atoms with E-state index in [0.717, 1.165) is 0 Å². The summed E-state index contributed by atoms with van der Waals surface area (Å²) in [6, 6.07) is 0. The van der Waals surface area contributed by atoms with Crippen LogP contribution in [-0.2, 0) is 0 Å². The number of halogens is 2. The molecule has 0 fully saturated rings. The van der Waals surface area contributed by atoms with E-state index >= 15 is 0 Å². The summed E-state index contributed by atoms with van der Waals surface area (Å²) in [5.74, 6) is 0. The minimum atomic E-state index is -0.745. The minimum absolute atomic E-state index is 0.745. The molecule has 0 saturated heterocycles. The second-order valence-electron chi connectivity index (χ2n) is 1.85. The second-order valence-corrected chi connectivity index (χ2v) is 16.0. The molecule has 0 heterocycles. The van der Waals surface area contributed by atoms with E-state index in [1.165, 1.54) is 4.95 Å². The number of hydrogen-bond acceptors (Lipinski definition) is 0. The van der Waals surface area contributed by atoms with Gasteiger partial charge in [-0.25, -0.2) is 0 Å². The standard InChI is InChI=1S/C3H8BrISi/c1-6(2,5)3-4/h3H2,1-2H3. The van der Waals surface area contributed by atoms with Gasteiger partial charge in [0.25, 0.3) is 0 Å². The van der Waals surface area contributed by atoms with Crippen molar-refractivity contribution >= 4 is 43.3 Å². The Kier molecular flexibility index (Phi) is 3.30. The molecule has 38 valence electrons. The van der Waals surface area contributed by atoms with Gasteiger partial charge in [-0.3, -0.25) is 0 Å². The summed E-state index contributed by atoms with van der Waals surface area (Å²) in [4.78, 5) is 1.21. The molecular weight excluding hydrogens is 271 g/mol. The van der Waals surface area contributed by atoms with Crippen LogP contribution in [0.3, 0.4) is 0 Å². The van der Waals surface area contributed by atoms with E-state index in [1.807, 2.05) is 0 Å². The van der Waals surface area contributed by atoms with Crippen LogP contribution in [0.25, 0.3) is 0 Å². The average Bonchev–Trinajstić information content (AvgIpc) is 1.35. The molecule has 0 aliphatic rings. The third-order valence-corrected chi connectivity index (χ3v) is 9.45. The van der Waals surface area contributed by atoms with Gasteiger partial charge in [0.2, 0.25) is 0 Å². The van der Waals surface area contributed by atoms with Crippen LogP contribution in [0.15, 0.2) is 0 Å². The van der Waals surface area contributed by atoms with Crippen molar-refractivity contribution in [3.63, 3.8) is 0 Å². The lowest BCUT2D eigenvalue weighted by Crippen LogP contribution is -2.16. The quantitative estimate of drug-likeness (QED) is 0.299. The molecule has 0 rings (SSSR count). The molecule has 0 nitrogen and oxygen atoms in total. The fourth-order valence-corrected chi connectivity index (χ4v) is 0. The third kappa shape index (κ3) is 5.43. The minimum Gasteiger partial charge on any atom is -0.118 e. The monoisotopic (exact) mass is 278 g/mol. The molecule has 0 aliphatic heterocycles. The summed E-state index contributed by atoms with van der Waals surface area (Å²) in [6.07, 6.45) is 0. The van der Waals surface area contributed by atoms with Gasteiger partial charge in [0.05, 0.1) is 0 Å². The highest BCUT2D eigenvalue weighted by Gasteiger charge is 2.11. The largest absolute Gasteiger partial charge is 0.129 e. The van der Waals surface area contributed by atoms with Gasteiger partial charge in [-0.05, 0) is 0 Å². The molecule has 3 heteroatoms. The number of hydrogen-bond donors (Lipinski definition) is 0. The topological polar surface area (TPSA) is 0 Å². The first-order chi connectivity index (χ1) is 2.56. The Morgan fingerprint density at radius 3 is 1.83 bits per heavy atom. The van der Waals surface area contributed by atoms with E-state index in [4.69, 9.17) is 0 Å². The molecule has 6 heavy (non-hydrogen) atoms. The lowest BCUT2D eigenvalue weighted by atomic mass is 11.8. The fraction of sp³-hybridized carbons (Fsp3) is 1.00. The molecular formula is C3H8BrISi. The van der Waals surface area contributed by atoms with Crippen molar-refractivity contribution in [2.24, 2.45) is 0 Å². The zero-order valence-corrected chi connectivity index (χ0v) is 8.71. The molecule has 0 N–H and O–H groups in total. The summed E-state index contributed by atoms with van der Waals surface area (Å²) in [7, 11) is 0. The van der Waals surface area contributed by atoms with Crippen LogP contribution in [0, 0.1) is 0 Å². The van der Waals surface area contributed by atoms with Crippen molar-refractivity contribution in [1.29, 1.82) is 0 Å². The van der Waals surface area contributed by atoms with Crippen molar-refractivity contribution in [1.82, 2.24) is 0 Å². The first kappa shape index (κ1) is 7.43. The highest BCUT2D eigenvalue weighted by molar-refractivity contribution is 14.1. The first-order valence-electron chi connectivity index (χ1n) is 1.81. The molecule has 0 saturated carbocycles. The van der Waals surface area contributed by atoms with Gasteiger partial charge in [0, 0.05) is 4.95 Å². The van der Waals surface area contributed by atoms with Crippen LogP contribution >= 0.6 is 37.7 Å². The van der Waals surface area contributed by atoms with Crippen LogP contribution < -0.4 is 0 Å². The maximum absolute atomic E-state index is 3.42. The van der Waals surface area contributed by atoms with E-state index in [9.17, 15) is 0 Å². The molecule has 0 unspecified atom stereocenters. The van der Waals surface area contributed by atoms with E-state index in [1.54, 1.807) is 0 Å². The Labute approximate surface area is 61.1 Å². The molecule has 0 aromatic heterocycles. The molecule has 0 radical (unpaired) electrons. The first-order valence-corrected chi connectivity index (χ1v) is 9.25. The Morgan fingerprint density at radius 1 is 1.67 bits per heavy atom. The van der Waals surface area contributed by atoms with Gasteiger partial charge in [-0.1, -0.05) is 29.0 Å². The van der Waals surface area contributed by atoms with Gasteiger partial charge in [0.1, 0.15) is 5.57 Å². The van der Waals surface area contributed by atoms with E-state index < -0.39 is 5.57 Å². The molecule has 0 aromatic carbocycles. The van der Waals surface area contributed by atoms with E-state index in [-0.39, 0.29) is 0 Å². The summed E-state index contributed by atoms with van der Waals surface area (Å²) in [5.41, 5.74) is -0.745. The lowest BCUT2D eigenvalue weighted by Gasteiger charge is -2.04. The van der Waals surface area contributed by atoms with E-state index in [2.05, 4.69) is 50.8 Å². The predicted octanol–water partition coefficient (Wildman–Crippen LogP) is 2.56. The fourth-order valence-electron chi connectivity index (χ4n) is 0. The number of rotatable bonds is 1. The molecule has 0 amide bonds. The molecule has 0 aliphatic carbocycles. The summed E-state index contributed by atoms with van der Waals surface area (Å²) < 4.78 is 0. The van der Waals surface area contributed by atoms with Crippen molar-refractivity contribution in [3.05, 3.63) is 0 Å². The van der Waals surface area contributed by atoms with Crippen LogP contribution in [0.1, 0.15) is 0 Å². The zero-order chi connectivity index (χ0) is 5.21. The Hall–Kier alpha value is 1.43. The Balaban J connectivity index is 3.17. The van der Waals surface area contributed by atoms with Crippen LogP contribution in [0.4, 0.5) is 0 Å². The smallest absolute Gasteiger partial charge is 0.118 e. The third-order valence-electron chi connectivity index (χ3n) is 0.318. The highest BCUT2D eigenvalue weighted by atomic mass is 127. The van der Waals surface area contributed by atoms with Gasteiger partial charge in [-0.2, -0.15) is 0 Å². The maximum Gasteiger partial charge on any atom is 0.129 e. The van der Waals surface area contributed by atoms with Crippen molar-refractivity contribution in [2.45, 2.75) is 13.1 Å².